The number of hydrogen-bond acceptors (Lipinski definition) is 2. The Kier molecular flexibility index (Phi) is 5.67. The number of nitrogens with one attached hydrogen (secondary N) is 1. The van der Waals surface area contributed by atoms with Gasteiger partial charge >= 0.3 is 6.03 Å². The minimum atomic E-state index is -0.0663. The molecule has 0 atom stereocenters. The van der Waals surface area contributed by atoms with Crippen LogP contribution in [0.25, 0.3) is 0 Å². The molecule has 1 aromatic carbocycles. The number of amides is 2. The molecule has 0 aliphatic carbocycles. The first kappa shape index (κ1) is 15.4. The fourth-order valence-corrected chi connectivity index (χ4v) is 2.71. The van der Waals surface area contributed by atoms with Gasteiger partial charge in [-0.05, 0) is 30.9 Å². The lowest BCUT2D eigenvalue weighted by atomic mass is 10.1. The van der Waals surface area contributed by atoms with Gasteiger partial charge in [0.25, 0.3) is 0 Å². The van der Waals surface area contributed by atoms with E-state index in [1.165, 1.54) is 30.5 Å². The molecule has 0 saturated carbocycles. The number of para-hydroxylation sites is 1. The Bertz CT molecular complexity index is 481. The summed E-state index contributed by atoms with van der Waals surface area (Å²) in [7, 11) is 1.82. The highest BCUT2D eigenvalue weighted by Gasteiger charge is 2.16. The van der Waals surface area contributed by atoms with Crippen molar-refractivity contribution in [2.75, 3.05) is 31.6 Å². The zero-order chi connectivity index (χ0) is 15.1. The molecule has 1 aromatic rings. The van der Waals surface area contributed by atoms with Gasteiger partial charge in [-0.15, -0.1) is 6.58 Å². The van der Waals surface area contributed by atoms with Crippen molar-refractivity contribution in [1.82, 2.24) is 10.2 Å². The van der Waals surface area contributed by atoms with Gasteiger partial charge in [-0.3, -0.25) is 0 Å². The number of hydrogen-bond donors (Lipinski definition) is 1. The zero-order valence-corrected chi connectivity index (χ0v) is 12.8. The molecule has 2 amide bonds. The van der Waals surface area contributed by atoms with Crippen LogP contribution in [0.5, 0.6) is 0 Å². The van der Waals surface area contributed by atoms with Gasteiger partial charge in [0.2, 0.25) is 0 Å². The molecule has 0 bridgehead atoms. The molecular weight excluding hydrogens is 262 g/mol. The number of urea groups is 1. The summed E-state index contributed by atoms with van der Waals surface area (Å²) in [5, 5.41) is 2.81. The Morgan fingerprint density at radius 2 is 2.05 bits per heavy atom. The Balaban J connectivity index is 2.05. The fourth-order valence-electron chi connectivity index (χ4n) is 2.71. The van der Waals surface area contributed by atoms with Gasteiger partial charge in [-0.25, -0.2) is 4.79 Å². The molecule has 0 unspecified atom stereocenters. The third kappa shape index (κ3) is 4.25. The van der Waals surface area contributed by atoms with Gasteiger partial charge in [0.05, 0.1) is 0 Å². The van der Waals surface area contributed by atoms with Crippen molar-refractivity contribution in [2.24, 2.45) is 0 Å². The summed E-state index contributed by atoms with van der Waals surface area (Å²) < 4.78 is 0. The second kappa shape index (κ2) is 7.72. The van der Waals surface area contributed by atoms with Crippen LogP contribution in [0.15, 0.2) is 36.9 Å². The van der Waals surface area contributed by atoms with Crippen molar-refractivity contribution in [1.29, 1.82) is 0 Å². The van der Waals surface area contributed by atoms with Crippen LogP contribution in [-0.2, 0) is 6.54 Å². The molecule has 1 N–H and O–H groups in total. The monoisotopic (exact) mass is 287 g/mol. The van der Waals surface area contributed by atoms with Gasteiger partial charge in [-0.2, -0.15) is 0 Å². The van der Waals surface area contributed by atoms with Crippen molar-refractivity contribution in [2.45, 2.75) is 25.8 Å². The van der Waals surface area contributed by atoms with Crippen LogP contribution in [0.3, 0.4) is 0 Å². The number of benzene rings is 1. The van der Waals surface area contributed by atoms with E-state index in [1.54, 1.807) is 11.0 Å². The van der Waals surface area contributed by atoms with E-state index in [0.717, 1.165) is 13.1 Å². The number of carbonyl (C=O) groups excluding carboxylic acids is 1. The number of carbonyl (C=O) groups is 1. The van der Waals surface area contributed by atoms with Crippen LogP contribution in [0, 0.1) is 0 Å². The lowest BCUT2D eigenvalue weighted by Gasteiger charge is -2.31. The summed E-state index contributed by atoms with van der Waals surface area (Å²) in [5.74, 6) is 0. The highest BCUT2D eigenvalue weighted by Crippen LogP contribution is 2.24. The summed E-state index contributed by atoms with van der Waals surface area (Å²) in [6.45, 7) is 6.96. The van der Waals surface area contributed by atoms with Crippen LogP contribution in [-0.4, -0.2) is 37.6 Å². The van der Waals surface area contributed by atoms with Crippen LogP contribution < -0.4 is 10.2 Å². The predicted octanol–water partition coefficient (Wildman–Crippen LogP) is 3.00. The third-order valence-corrected chi connectivity index (χ3v) is 3.84. The van der Waals surface area contributed by atoms with Gasteiger partial charge < -0.3 is 15.1 Å². The lowest BCUT2D eigenvalue weighted by Crippen LogP contribution is -2.37. The number of nitrogens with zero attached hydrogens (tertiary/aromatic N) is 2. The second-order valence-electron chi connectivity index (χ2n) is 5.51. The standard InChI is InChI=1S/C17H25N3O/c1-3-11-18-17(21)19(2)14-15-9-5-6-10-16(15)20-12-7-4-8-13-20/h3,5-6,9-10H,1,4,7-8,11-14H2,2H3,(H,18,21). The van der Waals surface area contributed by atoms with E-state index in [9.17, 15) is 4.79 Å². The van der Waals surface area contributed by atoms with Crippen LogP contribution in [0.2, 0.25) is 0 Å². The van der Waals surface area contributed by atoms with Crippen molar-refractivity contribution < 1.29 is 4.79 Å². The fraction of sp³-hybridized carbons (Fsp3) is 0.471. The summed E-state index contributed by atoms with van der Waals surface area (Å²) in [4.78, 5) is 16.1. The van der Waals surface area contributed by atoms with Crippen molar-refractivity contribution in [3.63, 3.8) is 0 Å². The number of anilines is 1. The van der Waals surface area contributed by atoms with E-state index in [1.807, 2.05) is 13.1 Å². The first-order valence-corrected chi connectivity index (χ1v) is 7.65. The second-order valence-corrected chi connectivity index (χ2v) is 5.51. The van der Waals surface area contributed by atoms with Crippen LogP contribution >= 0.6 is 0 Å². The van der Waals surface area contributed by atoms with E-state index in [0.29, 0.717) is 13.1 Å². The minimum absolute atomic E-state index is 0.0663. The highest BCUT2D eigenvalue weighted by atomic mass is 16.2. The largest absolute Gasteiger partial charge is 0.371 e. The van der Waals surface area contributed by atoms with Gasteiger partial charge in [0.15, 0.2) is 0 Å². The molecule has 1 heterocycles. The molecular formula is C17H25N3O. The number of piperidine rings is 1. The van der Waals surface area contributed by atoms with Gasteiger partial charge in [-0.1, -0.05) is 24.3 Å². The van der Waals surface area contributed by atoms with Crippen LogP contribution in [0.1, 0.15) is 24.8 Å². The summed E-state index contributed by atoms with van der Waals surface area (Å²) in [6.07, 6.45) is 5.52. The van der Waals surface area contributed by atoms with Crippen molar-refractivity contribution >= 4 is 11.7 Å². The highest BCUT2D eigenvalue weighted by molar-refractivity contribution is 5.74. The maximum atomic E-state index is 11.9. The number of rotatable bonds is 5. The van der Waals surface area contributed by atoms with E-state index in [-0.39, 0.29) is 6.03 Å². The smallest absolute Gasteiger partial charge is 0.317 e. The predicted molar refractivity (Wildman–Crippen MR) is 87.6 cm³/mol. The summed E-state index contributed by atoms with van der Waals surface area (Å²) in [6, 6.07) is 8.32. The van der Waals surface area contributed by atoms with Crippen molar-refractivity contribution in [3.8, 4) is 0 Å². The molecule has 0 aromatic heterocycles. The first-order chi connectivity index (χ1) is 10.2. The molecule has 0 radical (unpaired) electrons. The van der Waals surface area contributed by atoms with Crippen molar-refractivity contribution in [3.05, 3.63) is 42.5 Å². The van der Waals surface area contributed by atoms with Gasteiger partial charge in [0.1, 0.15) is 0 Å². The Hall–Kier alpha value is -1.97. The van der Waals surface area contributed by atoms with Gasteiger partial charge in [0, 0.05) is 38.9 Å². The molecule has 1 saturated heterocycles. The molecule has 1 aliphatic heterocycles. The Morgan fingerprint density at radius 3 is 2.76 bits per heavy atom. The topological polar surface area (TPSA) is 35.6 Å². The normalized spacial score (nSPS) is 14.6. The van der Waals surface area contributed by atoms with E-state index in [4.69, 9.17) is 0 Å². The quantitative estimate of drug-likeness (QED) is 0.845. The van der Waals surface area contributed by atoms with Crippen LogP contribution in [0.4, 0.5) is 10.5 Å². The average molecular weight is 287 g/mol. The average Bonchev–Trinajstić information content (AvgIpc) is 2.54. The SMILES string of the molecule is C=CCNC(=O)N(C)Cc1ccccc1N1CCCCC1. The molecule has 21 heavy (non-hydrogen) atoms. The van der Waals surface area contributed by atoms with E-state index in [2.05, 4.69) is 35.0 Å². The first-order valence-electron chi connectivity index (χ1n) is 7.65. The molecule has 4 nitrogen and oxygen atoms in total. The maximum absolute atomic E-state index is 11.9. The third-order valence-electron chi connectivity index (χ3n) is 3.84. The molecule has 4 heteroatoms. The molecule has 114 valence electrons. The molecule has 2 rings (SSSR count). The molecule has 1 aliphatic rings. The maximum Gasteiger partial charge on any atom is 0.317 e. The lowest BCUT2D eigenvalue weighted by molar-refractivity contribution is 0.208. The minimum Gasteiger partial charge on any atom is -0.371 e. The summed E-state index contributed by atoms with van der Waals surface area (Å²) in [5.41, 5.74) is 2.47. The molecule has 1 fully saturated rings. The summed E-state index contributed by atoms with van der Waals surface area (Å²) >= 11 is 0. The molecule has 0 spiro atoms. The zero-order valence-electron chi connectivity index (χ0n) is 12.8. The Morgan fingerprint density at radius 1 is 1.33 bits per heavy atom. The van der Waals surface area contributed by atoms with E-state index < -0.39 is 0 Å². The Labute approximate surface area is 127 Å². The van der Waals surface area contributed by atoms with E-state index >= 15 is 0 Å².